The van der Waals surface area contributed by atoms with Gasteiger partial charge in [-0.2, -0.15) is 0 Å². The highest BCUT2D eigenvalue weighted by Gasteiger charge is 2.20. The van der Waals surface area contributed by atoms with Gasteiger partial charge in [-0.3, -0.25) is 11.3 Å². The van der Waals surface area contributed by atoms with Crippen molar-refractivity contribution < 1.29 is 8.78 Å². The van der Waals surface area contributed by atoms with Crippen LogP contribution in [0.25, 0.3) is 0 Å². The molecule has 1 aromatic carbocycles. The smallest absolute Gasteiger partial charge is 0.132 e. The highest BCUT2D eigenvalue weighted by molar-refractivity contribution is 9.10. The van der Waals surface area contributed by atoms with Gasteiger partial charge in [-0.1, -0.05) is 22.0 Å². The molecule has 1 aromatic heterocycles. The van der Waals surface area contributed by atoms with Gasteiger partial charge >= 0.3 is 0 Å². The molecule has 0 aliphatic carbocycles. The van der Waals surface area contributed by atoms with Crippen LogP contribution >= 0.6 is 27.3 Å². The van der Waals surface area contributed by atoms with Crippen molar-refractivity contribution in [3.8, 4) is 0 Å². The molecule has 1 unspecified atom stereocenters. The van der Waals surface area contributed by atoms with Crippen molar-refractivity contribution in [3.05, 3.63) is 56.2 Å². The molecule has 0 amide bonds. The second-order valence-electron chi connectivity index (χ2n) is 3.79. The number of nitrogens with two attached hydrogens (primary N) is 1. The Hall–Kier alpha value is -0.820. The molecule has 0 saturated carbocycles. The third-order valence-electron chi connectivity index (χ3n) is 2.58. The van der Waals surface area contributed by atoms with E-state index in [9.17, 15) is 8.78 Å². The Kier molecular flexibility index (Phi) is 4.45. The van der Waals surface area contributed by atoms with Gasteiger partial charge < -0.3 is 0 Å². The number of thiophene rings is 1. The summed E-state index contributed by atoms with van der Waals surface area (Å²) in [7, 11) is 0. The van der Waals surface area contributed by atoms with Gasteiger partial charge in [0.2, 0.25) is 0 Å². The van der Waals surface area contributed by atoms with Gasteiger partial charge in [0, 0.05) is 21.3 Å². The van der Waals surface area contributed by atoms with Gasteiger partial charge in [-0.05, 0) is 23.6 Å². The summed E-state index contributed by atoms with van der Waals surface area (Å²) < 4.78 is 28.0. The van der Waals surface area contributed by atoms with Gasteiger partial charge in [0.25, 0.3) is 0 Å². The van der Waals surface area contributed by atoms with Crippen LogP contribution in [0.15, 0.2) is 34.1 Å². The lowest BCUT2D eigenvalue weighted by atomic mass is 10.0. The Balaban J connectivity index is 2.33. The minimum atomic E-state index is -0.610. The Morgan fingerprint density at radius 1 is 1.33 bits per heavy atom. The first-order chi connectivity index (χ1) is 8.61. The van der Waals surface area contributed by atoms with E-state index in [0.29, 0.717) is 10.9 Å². The summed E-state index contributed by atoms with van der Waals surface area (Å²) >= 11 is 4.58. The van der Waals surface area contributed by atoms with Crippen molar-refractivity contribution >= 4 is 27.3 Å². The van der Waals surface area contributed by atoms with Crippen molar-refractivity contribution in [2.45, 2.75) is 12.5 Å². The van der Waals surface area contributed by atoms with E-state index in [1.807, 2.05) is 17.5 Å². The molecule has 2 aromatic rings. The fourth-order valence-electron chi connectivity index (χ4n) is 1.76. The molecule has 0 fully saturated rings. The number of hydrazine groups is 1. The van der Waals surface area contributed by atoms with Gasteiger partial charge in [0.15, 0.2) is 0 Å². The fraction of sp³-hybridized carbons (Fsp3) is 0.167. The lowest BCUT2D eigenvalue weighted by Crippen LogP contribution is -2.30. The first kappa shape index (κ1) is 13.6. The van der Waals surface area contributed by atoms with Gasteiger partial charge in [0.1, 0.15) is 11.6 Å². The summed E-state index contributed by atoms with van der Waals surface area (Å²) in [6, 6.07) is 5.68. The zero-order valence-electron chi connectivity index (χ0n) is 9.29. The van der Waals surface area contributed by atoms with E-state index >= 15 is 0 Å². The van der Waals surface area contributed by atoms with Crippen LogP contribution < -0.4 is 11.3 Å². The van der Waals surface area contributed by atoms with Crippen molar-refractivity contribution in [2.24, 2.45) is 5.84 Å². The topological polar surface area (TPSA) is 38.0 Å². The van der Waals surface area contributed by atoms with E-state index < -0.39 is 17.7 Å². The Labute approximate surface area is 116 Å². The number of benzene rings is 1. The Bertz CT molecular complexity index is 508. The number of rotatable bonds is 4. The molecule has 0 aliphatic rings. The van der Waals surface area contributed by atoms with Crippen molar-refractivity contribution in [1.82, 2.24) is 5.43 Å². The summed E-state index contributed by atoms with van der Waals surface area (Å²) in [4.78, 5) is 1.01. The van der Waals surface area contributed by atoms with E-state index in [2.05, 4.69) is 21.4 Å². The van der Waals surface area contributed by atoms with Crippen LogP contribution in [0.3, 0.4) is 0 Å². The molecule has 18 heavy (non-hydrogen) atoms. The lowest BCUT2D eigenvalue weighted by Gasteiger charge is -2.17. The number of hydrogen-bond acceptors (Lipinski definition) is 3. The lowest BCUT2D eigenvalue weighted by molar-refractivity contribution is 0.474. The SMILES string of the molecule is NNC(Cc1cccs1)c1c(F)cc(Br)cc1F. The predicted octanol–water partition coefficient (Wildman–Crippen LogP) is 3.54. The molecule has 1 atom stereocenters. The minimum Gasteiger partial charge on any atom is -0.271 e. The van der Waals surface area contributed by atoms with Gasteiger partial charge in [-0.25, -0.2) is 8.78 Å². The molecule has 0 aliphatic heterocycles. The maximum atomic E-state index is 13.8. The summed E-state index contributed by atoms with van der Waals surface area (Å²) in [6.07, 6.45) is 0.448. The molecule has 3 N–H and O–H groups in total. The Morgan fingerprint density at radius 3 is 2.50 bits per heavy atom. The van der Waals surface area contributed by atoms with Crippen molar-refractivity contribution in [2.75, 3.05) is 0 Å². The molecular formula is C12H11BrF2N2S. The van der Waals surface area contributed by atoms with Gasteiger partial charge in [-0.15, -0.1) is 11.3 Å². The first-order valence-electron chi connectivity index (χ1n) is 5.24. The maximum absolute atomic E-state index is 13.8. The zero-order valence-corrected chi connectivity index (χ0v) is 11.7. The van der Waals surface area contributed by atoms with Crippen LogP contribution in [0.5, 0.6) is 0 Å². The van der Waals surface area contributed by atoms with Crippen LogP contribution in [-0.2, 0) is 6.42 Å². The van der Waals surface area contributed by atoms with Crippen LogP contribution in [0.1, 0.15) is 16.5 Å². The maximum Gasteiger partial charge on any atom is 0.132 e. The third-order valence-corrected chi connectivity index (χ3v) is 3.94. The average Bonchev–Trinajstić information content (AvgIpc) is 2.79. The molecule has 2 nitrogen and oxygen atoms in total. The molecule has 0 spiro atoms. The monoisotopic (exact) mass is 332 g/mol. The quantitative estimate of drug-likeness (QED) is 0.663. The summed E-state index contributed by atoms with van der Waals surface area (Å²) in [6.45, 7) is 0. The fourth-order valence-corrected chi connectivity index (χ4v) is 2.91. The van der Waals surface area contributed by atoms with Crippen LogP contribution in [0, 0.1) is 11.6 Å². The predicted molar refractivity (Wildman–Crippen MR) is 72.1 cm³/mol. The Morgan fingerprint density at radius 2 is 2.00 bits per heavy atom. The largest absolute Gasteiger partial charge is 0.271 e. The molecule has 2 rings (SSSR count). The standard InChI is InChI=1S/C12H11BrF2N2S/c13-7-4-9(14)12(10(15)5-7)11(17-16)6-8-2-1-3-18-8/h1-5,11,17H,6,16H2. The normalized spacial score (nSPS) is 12.7. The molecule has 0 saturated heterocycles. The second kappa shape index (κ2) is 5.88. The van der Waals surface area contributed by atoms with Crippen LogP contribution in [0.2, 0.25) is 0 Å². The van der Waals surface area contributed by atoms with Gasteiger partial charge in [0.05, 0.1) is 6.04 Å². The van der Waals surface area contributed by atoms with E-state index in [1.165, 1.54) is 23.5 Å². The zero-order chi connectivity index (χ0) is 13.1. The first-order valence-corrected chi connectivity index (χ1v) is 6.92. The molecule has 96 valence electrons. The van der Waals surface area contributed by atoms with E-state index in [1.54, 1.807) is 0 Å². The second-order valence-corrected chi connectivity index (χ2v) is 5.73. The van der Waals surface area contributed by atoms with E-state index in [4.69, 9.17) is 5.84 Å². The van der Waals surface area contributed by atoms with Crippen molar-refractivity contribution in [1.29, 1.82) is 0 Å². The summed E-state index contributed by atoms with van der Waals surface area (Å²) in [5.41, 5.74) is 2.44. The molecule has 0 bridgehead atoms. The molecule has 0 radical (unpaired) electrons. The van der Waals surface area contributed by atoms with Crippen LogP contribution in [0.4, 0.5) is 8.78 Å². The number of halogens is 3. The van der Waals surface area contributed by atoms with E-state index in [0.717, 1.165) is 4.88 Å². The number of nitrogens with one attached hydrogen (secondary N) is 1. The summed E-state index contributed by atoms with van der Waals surface area (Å²) in [5.74, 6) is 4.19. The van der Waals surface area contributed by atoms with Crippen LogP contribution in [-0.4, -0.2) is 0 Å². The third kappa shape index (κ3) is 2.95. The van der Waals surface area contributed by atoms with E-state index in [-0.39, 0.29) is 5.56 Å². The average molecular weight is 333 g/mol. The highest BCUT2D eigenvalue weighted by Crippen LogP contribution is 2.27. The summed E-state index contributed by atoms with van der Waals surface area (Å²) in [5, 5.41) is 1.91. The van der Waals surface area contributed by atoms with Crippen molar-refractivity contribution in [3.63, 3.8) is 0 Å². The molecular weight excluding hydrogens is 322 g/mol. The molecule has 6 heteroatoms. The minimum absolute atomic E-state index is 0.0332. The molecule has 1 heterocycles. The number of hydrogen-bond donors (Lipinski definition) is 2. The highest BCUT2D eigenvalue weighted by atomic mass is 79.9.